The first-order chi connectivity index (χ1) is 13.3. The molecule has 0 atom stereocenters. The Morgan fingerprint density at radius 1 is 1.04 bits per heavy atom. The molecule has 3 heterocycles. The number of nitrogens with one attached hydrogen (secondary N) is 1. The minimum absolute atomic E-state index is 0.262. The van der Waals surface area contributed by atoms with Crippen molar-refractivity contribution in [2.45, 2.75) is 19.3 Å². The molecule has 0 saturated carbocycles. The van der Waals surface area contributed by atoms with E-state index in [-0.39, 0.29) is 6.79 Å². The van der Waals surface area contributed by atoms with Gasteiger partial charge in [0.25, 0.3) is 0 Å². The number of anilines is 1. The largest absolute Gasteiger partial charge is 0.454 e. The van der Waals surface area contributed by atoms with Crippen molar-refractivity contribution in [2.75, 3.05) is 18.7 Å². The molecule has 27 heavy (non-hydrogen) atoms. The van der Waals surface area contributed by atoms with Crippen molar-refractivity contribution in [3.05, 3.63) is 53.6 Å². The van der Waals surface area contributed by atoms with E-state index in [0.717, 1.165) is 60.1 Å². The smallest absolute Gasteiger partial charge is 0.231 e. The van der Waals surface area contributed by atoms with Crippen molar-refractivity contribution in [2.24, 2.45) is 0 Å². The lowest BCUT2D eigenvalue weighted by Crippen LogP contribution is -2.07. The summed E-state index contributed by atoms with van der Waals surface area (Å²) >= 11 is 0. The summed E-state index contributed by atoms with van der Waals surface area (Å²) in [5, 5.41) is 17.5. The highest BCUT2D eigenvalue weighted by Crippen LogP contribution is 2.39. The van der Waals surface area contributed by atoms with Crippen molar-refractivity contribution in [1.29, 1.82) is 5.26 Å². The van der Waals surface area contributed by atoms with Gasteiger partial charge in [-0.1, -0.05) is 0 Å². The molecular formula is C21H18N4O2. The second-order valence-electron chi connectivity index (χ2n) is 6.70. The van der Waals surface area contributed by atoms with Crippen LogP contribution in [0.25, 0.3) is 16.9 Å². The van der Waals surface area contributed by atoms with Gasteiger partial charge in [-0.2, -0.15) is 10.4 Å². The molecule has 5 rings (SSSR count). The number of ether oxygens (including phenoxy) is 2. The molecule has 1 N–H and O–H groups in total. The first-order valence-electron chi connectivity index (χ1n) is 9.10. The third kappa shape index (κ3) is 2.68. The Bertz CT molecular complexity index is 1050. The molecule has 2 aromatic carbocycles. The van der Waals surface area contributed by atoms with Crippen LogP contribution in [-0.2, 0) is 6.42 Å². The first kappa shape index (κ1) is 15.8. The maximum Gasteiger partial charge on any atom is 0.231 e. The Hall–Kier alpha value is -3.46. The summed E-state index contributed by atoms with van der Waals surface area (Å²) in [6, 6.07) is 15.6. The molecule has 3 aromatic rings. The van der Waals surface area contributed by atoms with Crippen LogP contribution >= 0.6 is 0 Å². The van der Waals surface area contributed by atoms with Gasteiger partial charge < -0.3 is 14.8 Å². The molecule has 0 saturated heterocycles. The summed E-state index contributed by atoms with van der Waals surface area (Å²) < 4.78 is 12.9. The van der Waals surface area contributed by atoms with E-state index in [1.807, 2.05) is 47.1 Å². The van der Waals surface area contributed by atoms with E-state index in [0.29, 0.717) is 5.56 Å². The maximum absolute atomic E-state index is 9.05. The van der Waals surface area contributed by atoms with Crippen LogP contribution in [0.3, 0.4) is 0 Å². The molecule has 6 heteroatoms. The van der Waals surface area contributed by atoms with Crippen LogP contribution in [0.5, 0.6) is 11.5 Å². The number of hydrogen-bond acceptors (Lipinski definition) is 5. The topological polar surface area (TPSA) is 72.1 Å². The van der Waals surface area contributed by atoms with Crippen LogP contribution < -0.4 is 14.8 Å². The Morgan fingerprint density at radius 3 is 2.74 bits per heavy atom. The number of rotatable bonds is 2. The van der Waals surface area contributed by atoms with Crippen LogP contribution in [-0.4, -0.2) is 23.1 Å². The van der Waals surface area contributed by atoms with Gasteiger partial charge in [-0.15, -0.1) is 0 Å². The van der Waals surface area contributed by atoms with Gasteiger partial charge in [0.15, 0.2) is 11.5 Å². The second-order valence-corrected chi connectivity index (χ2v) is 6.70. The molecule has 2 aliphatic heterocycles. The first-order valence-corrected chi connectivity index (χ1v) is 9.10. The van der Waals surface area contributed by atoms with Crippen LogP contribution in [0, 0.1) is 11.3 Å². The third-order valence-corrected chi connectivity index (χ3v) is 5.02. The number of aromatic nitrogens is 2. The third-order valence-electron chi connectivity index (χ3n) is 5.02. The van der Waals surface area contributed by atoms with Gasteiger partial charge in [-0.25, -0.2) is 4.68 Å². The zero-order chi connectivity index (χ0) is 18.2. The van der Waals surface area contributed by atoms with Gasteiger partial charge in [0, 0.05) is 17.7 Å². The molecule has 134 valence electrons. The summed E-state index contributed by atoms with van der Waals surface area (Å²) in [6.45, 7) is 1.19. The van der Waals surface area contributed by atoms with Crippen LogP contribution in [0.2, 0.25) is 0 Å². The predicted octanol–water partition coefficient (Wildman–Crippen LogP) is 3.89. The molecule has 0 amide bonds. The minimum atomic E-state index is 0.262. The fraction of sp³-hybridized carbons (Fsp3) is 0.238. The number of nitriles is 1. The highest BCUT2D eigenvalue weighted by atomic mass is 16.7. The average Bonchev–Trinajstić information content (AvgIpc) is 3.25. The molecular weight excluding hydrogens is 340 g/mol. The van der Waals surface area contributed by atoms with E-state index in [4.69, 9.17) is 19.8 Å². The van der Waals surface area contributed by atoms with Crippen LogP contribution in [0.4, 0.5) is 5.82 Å². The van der Waals surface area contributed by atoms with Gasteiger partial charge in [-0.3, -0.25) is 0 Å². The Morgan fingerprint density at radius 2 is 1.89 bits per heavy atom. The van der Waals surface area contributed by atoms with E-state index in [2.05, 4.69) is 11.4 Å². The Balaban J connectivity index is 1.65. The summed E-state index contributed by atoms with van der Waals surface area (Å²) in [5.41, 5.74) is 4.77. The molecule has 6 nitrogen and oxygen atoms in total. The zero-order valence-corrected chi connectivity index (χ0v) is 14.7. The lowest BCUT2D eigenvalue weighted by molar-refractivity contribution is 0.174. The zero-order valence-electron chi connectivity index (χ0n) is 14.7. The van der Waals surface area contributed by atoms with E-state index in [9.17, 15) is 0 Å². The number of nitrogens with zero attached hydrogens (tertiary/aromatic N) is 3. The molecule has 0 unspecified atom stereocenters. The second kappa shape index (κ2) is 6.36. The van der Waals surface area contributed by atoms with Gasteiger partial charge >= 0.3 is 0 Å². The normalized spacial score (nSPS) is 14.8. The quantitative estimate of drug-likeness (QED) is 0.752. The maximum atomic E-state index is 9.05. The molecule has 0 spiro atoms. The van der Waals surface area contributed by atoms with Crippen molar-refractivity contribution in [3.8, 4) is 34.5 Å². The van der Waals surface area contributed by atoms with E-state index in [1.54, 1.807) is 0 Å². The molecule has 1 aromatic heterocycles. The Kier molecular flexibility index (Phi) is 3.72. The number of benzene rings is 2. The number of hydrogen-bond donors (Lipinski definition) is 1. The highest BCUT2D eigenvalue weighted by molar-refractivity contribution is 5.73. The SMILES string of the molecule is N#Cc1ccc(-n2nc(-c3ccc4c(c3)OCO4)c3c2NCCCC3)cc1. The molecule has 0 aliphatic carbocycles. The van der Waals surface area contributed by atoms with Crippen molar-refractivity contribution in [3.63, 3.8) is 0 Å². The lowest BCUT2D eigenvalue weighted by Gasteiger charge is -2.09. The fourth-order valence-corrected chi connectivity index (χ4v) is 3.64. The molecule has 0 bridgehead atoms. The summed E-state index contributed by atoms with van der Waals surface area (Å²) in [7, 11) is 0. The minimum Gasteiger partial charge on any atom is -0.454 e. The standard InChI is InChI=1S/C21H18N4O2/c22-12-14-4-7-16(8-5-14)25-21-17(3-1-2-10-23-21)20(24-25)15-6-9-18-19(11-15)27-13-26-18/h4-9,11,23H,1-3,10,13H2. The summed E-state index contributed by atoms with van der Waals surface area (Å²) in [4.78, 5) is 0. The van der Waals surface area contributed by atoms with E-state index < -0.39 is 0 Å². The van der Waals surface area contributed by atoms with Gasteiger partial charge in [0.1, 0.15) is 5.82 Å². The molecule has 2 aliphatic rings. The van der Waals surface area contributed by atoms with Crippen molar-refractivity contribution >= 4 is 5.82 Å². The molecule has 0 radical (unpaired) electrons. The average molecular weight is 358 g/mol. The van der Waals surface area contributed by atoms with E-state index in [1.165, 1.54) is 5.56 Å². The van der Waals surface area contributed by atoms with Crippen LogP contribution in [0.1, 0.15) is 24.0 Å². The van der Waals surface area contributed by atoms with Gasteiger partial charge in [-0.05, 0) is 61.7 Å². The van der Waals surface area contributed by atoms with Crippen LogP contribution in [0.15, 0.2) is 42.5 Å². The van der Waals surface area contributed by atoms with Gasteiger partial charge in [0.2, 0.25) is 6.79 Å². The monoisotopic (exact) mass is 358 g/mol. The van der Waals surface area contributed by atoms with Gasteiger partial charge in [0.05, 0.1) is 23.0 Å². The Labute approximate surface area is 157 Å². The summed E-state index contributed by atoms with van der Waals surface area (Å²) in [5.74, 6) is 2.56. The van der Waals surface area contributed by atoms with Crippen molar-refractivity contribution < 1.29 is 9.47 Å². The summed E-state index contributed by atoms with van der Waals surface area (Å²) in [6.07, 6.45) is 3.22. The number of fused-ring (bicyclic) bond motifs is 2. The molecule has 0 fully saturated rings. The van der Waals surface area contributed by atoms with E-state index >= 15 is 0 Å². The predicted molar refractivity (Wildman–Crippen MR) is 101 cm³/mol. The van der Waals surface area contributed by atoms with Crippen molar-refractivity contribution in [1.82, 2.24) is 9.78 Å². The fourth-order valence-electron chi connectivity index (χ4n) is 3.64. The highest BCUT2D eigenvalue weighted by Gasteiger charge is 2.23. The lowest BCUT2D eigenvalue weighted by atomic mass is 10.0.